The van der Waals surface area contributed by atoms with E-state index >= 15 is 0 Å². The van der Waals surface area contributed by atoms with Crippen molar-refractivity contribution in [3.63, 3.8) is 0 Å². The van der Waals surface area contributed by atoms with Gasteiger partial charge in [0.15, 0.2) is 0 Å². The summed E-state index contributed by atoms with van der Waals surface area (Å²) < 4.78 is 5.30. The highest BCUT2D eigenvalue weighted by Gasteiger charge is 2.14. The van der Waals surface area contributed by atoms with Crippen molar-refractivity contribution in [3.8, 4) is 0 Å². The lowest BCUT2D eigenvalue weighted by Crippen LogP contribution is -2.27. The van der Waals surface area contributed by atoms with Crippen molar-refractivity contribution in [2.75, 3.05) is 19.8 Å². The van der Waals surface area contributed by atoms with Gasteiger partial charge in [-0.05, 0) is 25.2 Å². The standard InChI is InChI=1S/C12H19N3O2S/c13-7-11-15-10(8-18-11)12(16)14-4-1-9-2-5-17-6-3-9/h8-9H,1-7,13H2,(H,14,16). The molecule has 5 nitrogen and oxygen atoms in total. The van der Waals surface area contributed by atoms with E-state index in [4.69, 9.17) is 10.5 Å². The van der Waals surface area contributed by atoms with Crippen LogP contribution in [-0.2, 0) is 11.3 Å². The first-order chi connectivity index (χ1) is 8.79. The third-order valence-electron chi connectivity index (χ3n) is 3.14. The summed E-state index contributed by atoms with van der Waals surface area (Å²) in [5.74, 6) is 0.576. The summed E-state index contributed by atoms with van der Waals surface area (Å²) in [5, 5.41) is 5.46. The van der Waals surface area contributed by atoms with Gasteiger partial charge < -0.3 is 15.8 Å². The van der Waals surface area contributed by atoms with Gasteiger partial charge >= 0.3 is 0 Å². The molecule has 1 aromatic rings. The van der Waals surface area contributed by atoms with Gasteiger partial charge in [-0.3, -0.25) is 4.79 Å². The fraction of sp³-hybridized carbons (Fsp3) is 0.667. The maximum atomic E-state index is 11.8. The largest absolute Gasteiger partial charge is 0.381 e. The number of hydrogen-bond acceptors (Lipinski definition) is 5. The molecule has 0 spiro atoms. The molecule has 1 saturated heterocycles. The Bertz CT molecular complexity index is 388. The molecule has 2 rings (SSSR count). The van der Waals surface area contributed by atoms with E-state index in [0.717, 1.165) is 37.5 Å². The van der Waals surface area contributed by atoms with Gasteiger partial charge in [-0.25, -0.2) is 4.98 Å². The van der Waals surface area contributed by atoms with Crippen molar-refractivity contribution in [3.05, 3.63) is 16.1 Å². The third-order valence-corrected chi connectivity index (χ3v) is 4.01. The predicted octanol–water partition coefficient (Wildman–Crippen LogP) is 1.15. The average molecular weight is 269 g/mol. The Hall–Kier alpha value is -0.980. The molecule has 0 saturated carbocycles. The van der Waals surface area contributed by atoms with Crippen molar-refractivity contribution in [2.45, 2.75) is 25.8 Å². The molecule has 1 aliphatic rings. The second-order valence-electron chi connectivity index (χ2n) is 4.43. The van der Waals surface area contributed by atoms with E-state index < -0.39 is 0 Å². The van der Waals surface area contributed by atoms with E-state index in [1.807, 2.05) is 0 Å². The highest BCUT2D eigenvalue weighted by molar-refractivity contribution is 7.09. The lowest BCUT2D eigenvalue weighted by molar-refractivity contribution is 0.0636. The molecular formula is C12H19N3O2S. The molecule has 0 aromatic carbocycles. The molecular weight excluding hydrogens is 250 g/mol. The summed E-state index contributed by atoms with van der Waals surface area (Å²) in [6, 6.07) is 0. The van der Waals surface area contributed by atoms with Crippen LogP contribution in [0.2, 0.25) is 0 Å². The monoisotopic (exact) mass is 269 g/mol. The predicted molar refractivity (Wildman–Crippen MR) is 70.5 cm³/mol. The number of aromatic nitrogens is 1. The van der Waals surface area contributed by atoms with E-state index in [2.05, 4.69) is 10.3 Å². The van der Waals surface area contributed by atoms with Gasteiger partial charge in [0.05, 0.1) is 0 Å². The number of amides is 1. The summed E-state index contributed by atoms with van der Waals surface area (Å²) in [6.07, 6.45) is 3.22. The molecule has 0 aliphatic carbocycles. The Labute approximate surface area is 111 Å². The van der Waals surface area contributed by atoms with Gasteiger partial charge in [0, 0.05) is 31.7 Å². The molecule has 1 aliphatic heterocycles. The van der Waals surface area contributed by atoms with Gasteiger partial charge in [0.2, 0.25) is 0 Å². The average Bonchev–Trinajstić information content (AvgIpc) is 2.89. The van der Waals surface area contributed by atoms with Crippen molar-refractivity contribution in [1.82, 2.24) is 10.3 Å². The number of ether oxygens (including phenoxy) is 1. The molecule has 1 aromatic heterocycles. The molecule has 0 radical (unpaired) electrons. The summed E-state index contributed by atoms with van der Waals surface area (Å²) in [5.41, 5.74) is 5.94. The Morgan fingerprint density at radius 3 is 3.00 bits per heavy atom. The van der Waals surface area contributed by atoms with Crippen LogP contribution < -0.4 is 11.1 Å². The molecule has 0 bridgehead atoms. The molecule has 0 unspecified atom stereocenters. The van der Waals surface area contributed by atoms with E-state index in [-0.39, 0.29) is 5.91 Å². The van der Waals surface area contributed by atoms with Gasteiger partial charge in [0.25, 0.3) is 5.91 Å². The number of nitrogens with zero attached hydrogens (tertiary/aromatic N) is 1. The van der Waals surface area contributed by atoms with E-state index in [0.29, 0.717) is 24.7 Å². The summed E-state index contributed by atoms with van der Waals surface area (Å²) in [7, 11) is 0. The van der Waals surface area contributed by atoms with Gasteiger partial charge in [-0.1, -0.05) is 0 Å². The topological polar surface area (TPSA) is 77.2 Å². The molecule has 6 heteroatoms. The van der Waals surface area contributed by atoms with Crippen LogP contribution >= 0.6 is 11.3 Å². The second kappa shape index (κ2) is 6.82. The Morgan fingerprint density at radius 2 is 2.33 bits per heavy atom. The number of thiazole rings is 1. The van der Waals surface area contributed by atoms with Gasteiger partial charge in [0.1, 0.15) is 10.7 Å². The van der Waals surface area contributed by atoms with E-state index in [1.165, 1.54) is 11.3 Å². The molecule has 3 N–H and O–H groups in total. The smallest absolute Gasteiger partial charge is 0.270 e. The zero-order chi connectivity index (χ0) is 12.8. The van der Waals surface area contributed by atoms with Crippen molar-refractivity contribution in [1.29, 1.82) is 0 Å². The number of nitrogens with one attached hydrogen (secondary N) is 1. The molecule has 18 heavy (non-hydrogen) atoms. The van der Waals surface area contributed by atoms with Crippen LogP contribution in [0.1, 0.15) is 34.8 Å². The van der Waals surface area contributed by atoms with Crippen molar-refractivity contribution >= 4 is 17.2 Å². The summed E-state index contributed by atoms with van der Waals surface area (Å²) in [4.78, 5) is 15.9. The van der Waals surface area contributed by atoms with Crippen LogP contribution in [0.4, 0.5) is 0 Å². The number of hydrogen-bond donors (Lipinski definition) is 2. The van der Waals surface area contributed by atoms with Crippen molar-refractivity contribution in [2.24, 2.45) is 11.7 Å². The molecule has 1 amide bonds. The third kappa shape index (κ3) is 3.76. The fourth-order valence-electron chi connectivity index (χ4n) is 2.02. The first-order valence-corrected chi connectivity index (χ1v) is 7.18. The lowest BCUT2D eigenvalue weighted by atomic mass is 9.97. The Kier molecular flexibility index (Phi) is 5.10. The summed E-state index contributed by atoms with van der Waals surface area (Å²) >= 11 is 1.43. The first kappa shape index (κ1) is 13.5. The number of carbonyl (C=O) groups excluding carboxylic acids is 1. The number of nitrogens with two attached hydrogens (primary N) is 1. The summed E-state index contributed by atoms with van der Waals surface area (Å²) in [6.45, 7) is 2.80. The Morgan fingerprint density at radius 1 is 1.56 bits per heavy atom. The normalized spacial score (nSPS) is 16.7. The zero-order valence-electron chi connectivity index (χ0n) is 10.4. The minimum atomic E-state index is -0.0991. The van der Waals surface area contributed by atoms with Crippen molar-refractivity contribution < 1.29 is 9.53 Å². The van der Waals surface area contributed by atoms with Crippen LogP contribution in [-0.4, -0.2) is 30.6 Å². The van der Waals surface area contributed by atoms with Gasteiger partial charge in [-0.2, -0.15) is 0 Å². The zero-order valence-corrected chi connectivity index (χ0v) is 11.2. The van der Waals surface area contributed by atoms with Gasteiger partial charge in [-0.15, -0.1) is 11.3 Å². The highest BCUT2D eigenvalue weighted by atomic mass is 32.1. The molecule has 1 fully saturated rings. The first-order valence-electron chi connectivity index (χ1n) is 6.30. The number of rotatable bonds is 5. The number of carbonyl (C=O) groups is 1. The van der Waals surface area contributed by atoms with E-state index in [1.54, 1.807) is 5.38 Å². The maximum Gasteiger partial charge on any atom is 0.270 e. The Balaban J connectivity index is 1.70. The van der Waals surface area contributed by atoms with Crippen LogP contribution in [0.3, 0.4) is 0 Å². The van der Waals surface area contributed by atoms with Crippen LogP contribution in [0.25, 0.3) is 0 Å². The van der Waals surface area contributed by atoms with Crippen LogP contribution in [0, 0.1) is 5.92 Å². The second-order valence-corrected chi connectivity index (χ2v) is 5.37. The molecule has 0 atom stereocenters. The molecule has 2 heterocycles. The minimum absolute atomic E-state index is 0.0991. The highest BCUT2D eigenvalue weighted by Crippen LogP contribution is 2.17. The lowest BCUT2D eigenvalue weighted by Gasteiger charge is -2.21. The maximum absolute atomic E-state index is 11.8. The SMILES string of the molecule is NCc1nc(C(=O)NCCC2CCOCC2)cs1. The van der Waals surface area contributed by atoms with E-state index in [9.17, 15) is 4.79 Å². The molecule has 100 valence electrons. The fourth-order valence-corrected chi connectivity index (χ4v) is 2.68. The van der Waals surface area contributed by atoms with Crippen LogP contribution in [0.15, 0.2) is 5.38 Å². The quantitative estimate of drug-likeness (QED) is 0.840. The van der Waals surface area contributed by atoms with Crippen LogP contribution in [0.5, 0.6) is 0 Å². The minimum Gasteiger partial charge on any atom is -0.381 e.